The van der Waals surface area contributed by atoms with Gasteiger partial charge in [0.25, 0.3) is 0 Å². The smallest absolute Gasteiger partial charge is 0.138 e. The molecule has 5 nitrogen and oxygen atoms in total. The standard InChI is InChI=1S/C16H20N4O/c1-3-8-20-16(18-11-19-20)9-14(17-2)13-10-21-15-7-5-4-6-12(13)15/h4-7,10-11,14,17H,3,8-9H2,1-2H3. The van der Waals surface area contributed by atoms with E-state index in [1.54, 1.807) is 6.33 Å². The zero-order valence-corrected chi connectivity index (χ0v) is 12.4. The number of aryl methyl sites for hydroxylation is 1. The van der Waals surface area contributed by atoms with E-state index in [0.717, 1.165) is 36.2 Å². The largest absolute Gasteiger partial charge is 0.464 e. The number of fused-ring (bicyclic) bond motifs is 1. The van der Waals surface area contributed by atoms with Crippen LogP contribution >= 0.6 is 0 Å². The third-order valence-corrected chi connectivity index (χ3v) is 3.75. The summed E-state index contributed by atoms with van der Waals surface area (Å²) < 4.78 is 7.62. The van der Waals surface area contributed by atoms with Crippen molar-refractivity contribution in [2.45, 2.75) is 32.4 Å². The van der Waals surface area contributed by atoms with Crippen LogP contribution in [-0.4, -0.2) is 21.8 Å². The second kappa shape index (κ2) is 6.10. The molecule has 1 unspecified atom stereocenters. The van der Waals surface area contributed by atoms with Crippen molar-refractivity contribution in [2.75, 3.05) is 7.05 Å². The highest BCUT2D eigenvalue weighted by atomic mass is 16.3. The number of hydrogen-bond acceptors (Lipinski definition) is 4. The molecule has 0 aliphatic carbocycles. The molecular formula is C16H20N4O. The first kappa shape index (κ1) is 13.8. The molecule has 3 rings (SSSR count). The van der Waals surface area contributed by atoms with Crippen molar-refractivity contribution in [1.29, 1.82) is 0 Å². The molecule has 0 aliphatic heterocycles. The molecule has 3 aromatic rings. The predicted octanol–water partition coefficient (Wildman–Crippen LogP) is 2.94. The van der Waals surface area contributed by atoms with Gasteiger partial charge in [-0.1, -0.05) is 25.1 Å². The van der Waals surface area contributed by atoms with Crippen molar-refractivity contribution in [2.24, 2.45) is 0 Å². The fourth-order valence-corrected chi connectivity index (χ4v) is 2.66. The zero-order valence-electron chi connectivity index (χ0n) is 12.4. The summed E-state index contributed by atoms with van der Waals surface area (Å²) >= 11 is 0. The van der Waals surface area contributed by atoms with Gasteiger partial charge >= 0.3 is 0 Å². The molecule has 1 aromatic carbocycles. The average molecular weight is 284 g/mol. The van der Waals surface area contributed by atoms with Gasteiger partial charge in [0.05, 0.1) is 6.26 Å². The third-order valence-electron chi connectivity index (χ3n) is 3.75. The summed E-state index contributed by atoms with van der Waals surface area (Å²) in [5.74, 6) is 1.00. The number of nitrogens with zero attached hydrogens (tertiary/aromatic N) is 3. The second-order valence-electron chi connectivity index (χ2n) is 5.13. The first-order valence-corrected chi connectivity index (χ1v) is 7.33. The van der Waals surface area contributed by atoms with E-state index in [-0.39, 0.29) is 6.04 Å². The lowest BCUT2D eigenvalue weighted by atomic mass is 10.0. The molecule has 21 heavy (non-hydrogen) atoms. The summed E-state index contributed by atoms with van der Waals surface area (Å²) in [6.45, 7) is 3.04. The Morgan fingerprint density at radius 3 is 3.00 bits per heavy atom. The summed E-state index contributed by atoms with van der Waals surface area (Å²) in [7, 11) is 1.97. The number of hydrogen-bond donors (Lipinski definition) is 1. The van der Waals surface area contributed by atoms with E-state index >= 15 is 0 Å². The molecule has 0 bridgehead atoms. The highest BCUT2D eigenvalue weighted by Crippen LogP contribution is 2.27. The Morgan fingerprint density at radius 2 is 2.19 bits per heavy atom. The van der Waals surface area contributed by atoms with Crippen LogP contribution in [-0.2, 0) is 13.0 Å². The normalized spacial score (nSPS) is 12.9. The van der Waals surface area contributed by atoms with Crippen LogP contribution in [0, 0.1) is 0 Å². The molecule has 0 radical (unpaired) electrons. The van der Waals surface area contributed by atoms with Crippen LogP contribution in [0.4, 0.5) is 0 Å². The van der Waals surface area contributed by atoms with Crippen molar-refractivity contribution >= 4 is 11.0 Å². The number of rotatable bonds is 6. The van der Waals surface area contributed by atoms with Crippen LogP contribution in [0.15, 0.2) is 41.3 Å². The third kappa shape index (κ3) is 2.69. The van der Waals surface area contributed by atoms with Crippen molar-refractivity contribution in [3.05, 3.63) is 48.2 Å². The van der Waals surface area contributed by atoms with Gasteiger partial charge in [0.15, 0.2) is 0 Å². The van der Waals surface area contributed by atoms with Crippen molar-refractivity contribution in [1.82, 2.24) is 20.1 Å². The van der Waals surface area contributed by atoms with Crippen LogP contribution in [0.5, 0.6) is 0 Å². The van der Waals surface area contributed by atoms with E-state index in [2.05, 4.69) is 28.4 Å². The van der Waals surface area contributed by atoms with Gasteiger partial charge < -0.3 is 9.73 Å². The van der Waals surface area contributed by atoms with E-state index in [9.17, 15) is 0 Å². The quantitative estimate of drug-likeness (QED) is 0.756. The van der Waals surface area contributed by atoms with Gasteiger partial charge in [0, 0.05) is 30.0 Å². The Labute approximate surface area is 124 Å². The molecule has 2 aromatic heterocycles. The van der Waals surface area contributed by atoms with Crippen LogP contribution in [0.25, 0.3) is 11.0 Å². The van der Waals surface area contributed by atoms with Gasteiger partial charge in [-0.25, -0.2) is 4.98 Å². The SMILES string of the molecule is CCCn1ncnc1CC(NC)c1coc2ccccc12. The van der Waals surface area contributed by atoms with Gasteiger partial charge in [-0.15, -0.1) is 0 Å². The maximum atomic E-state index is 5.65. The Hall–Kier alpha value is -2.14. The van der Waals surface area contributed by atoms with E-state index in [0.29, 0.717) is 0 Å². The van der Waals surface area contributed by atoms with Crippen molar-refractivity contribution < 1.29 is 4.42 Å². The summed E-state index contributed by atoms with van der Waals surface area (Å²) in [5, 5.41) is 8.81. The molecule has 1 N–H and O–H groups in total. The average Bonchev–Trinajstić information content (AvgIpc) is 3.12. The topological polar surface area (TPSA) is 55.9 Å². The molecule has 0 saturated carbocycles. The summed E-state index contributed by atoms with van der Waals surface area (Å²) in [6.07, 6.45) is 5.31. The van der Waals surface area contributed by atoms with Crippen molar-refractivity contribution in [3.63, 3.8) is 0 Å². The lowest BCUT2D eigenvalue weighted by Crippen LogP contribution is -2.21. The van der Waals surface area contributed by atoms with Crippen molar-refractivity contribution in [3.8, 4) is 0 Å². The molecule has 0 aliphatic rings. The summed E-state index contributed by atoms with van der Waals surface area (Å²) in [4.78, 5) is 4.39. The Morgan fingerprint density at radius 1 is 1.33 bits per heavy atom. The summed E-state index contributed by atoms with van der Waals surface area (Å²) in [6, 6.07) is 8.27. The minimum absolute atomic E-state index is 0.161. The molecule has 0 saturated heterocycles. The first-order valence-electron chi connectivity index (χ1n) is 7.33. The molecule has 110 valence electrons. The highest BCUT2D eigenvalue weighted by molar-refractivity contribution is 5.81. The van der Waals surface area contributed by atoms with Crippen LogP contribution in [0.2, 0.25) is 0 Å². The highest BCUT2D eigenvalue weighted by Gasteiger charge is 2.18. The maximum absolute atomic E-state index is 5.65. The van der Waals surface area contributed by atoms with E-state index in [4.69, 9.17) is 4.42 Å². The molecule has 2 heterocycles. The number of aromatic nitrogens is 3. The van der Waals surface area contributed by atoms with E-state index < -0.39 is 0 Å². The van der Waals surface area contributed by atoms with Crippen LogP contribution in [0.1, 0.15) is 30.8 Å². The summed E-state index contributed by atoms with van der Waals surface area (Å²) in [5.41, 5.74) is 2.09. The number of nitrogens with one attached hydrogen (secondary N) is 1. The zero-order chi connectivity index (χ0) is 14.7. The molecule has 1 atom stereocenters. The molecule has 0 fully saturated rings. The van der Waals surface area contributed by atoms with E-state index in [1.807, 2.05) is 36.2 Å². The maximum Gasteiger partial charge on any atom is 0.138 e. The van der Waals surface area contributed by atoms with Gasteiger partial charge in [-0.05, 0) is 19.5 Å². The monoisotopic (exact) mass is 284 g/mol. The van der Waals surface area contributed by atoms with Crippen LogP contribution in [0.3, 0.4) is 0 Å². The predicted molar refractivity (Wildman–Crippen MR) is 82.0 cm³/mol. The van der Waals surface area contributed by atoms with Gasteiger partial charge in [-0.2, -0.15) is 5.10 Å². The minimum atomic E-state index is 0.161. The number of para-hydroxylation sites is 1. The number of likely N-dealkylation sites (N-methyl/N-ethyl adjacent to an activating group) is 1. The lowest BCUT2D eigenvalue weighted by Gasteiger charge is -2.15. The Balaban J connectivity index is 1.90. The number of furan rings is 1. The molecule has 0 spiro atoms. The minimum Gasteiger partial charge on any atom is -0.464 e. The molecule has 0 amide bonds. The molecule has 5 heteroatoms. The fourth-order valence-electron chi connectivity index (χ4n) is 2.66. The van der Waals surface area contributed by atoms with Gasteiger partial charge in [-0.3, -0.25) is 4.68 Å². The second-order valence-corrected chi connectivity index (χ2v) is 5.13. The first-order chi connectivity index (χ1) is 10.3. The van der Waals surface area contributed by atoms with Gasteiger partial charge in [0.1, 0.15) is 17.7 Å². The van der Waals surface area contributed by atoms with Gasteiger partial charge in [0.2, 0.25) is 0 Å². The lowest BCUT2D eigenvalue weighted by molar-refractivity contribution is 0.511. The Kier molecular flexibility index (Phi) is 4.01. The van der Waals surface area contributed by atoms with E-state index in [1.165, 1.54) is 5.56 Å². The Bertz CT molecular complexity index is 716. The fraction of sp³-hybridized carbons (Fsp3) is 0.375. The van der Waals surface area contributed by atoms with Crippen LogP contribution < -0.4 is 5.32 Å². The molecular weight excluding hydrogens is 264 g/mol. The number of benzene rings is 1.